The van der Waals surface area contributed by atoms with Crippen LogP contribution in [0.2, 0.25) is 0 Å². The maximum absolute atomic E-state index is 12.0. The van der Waals surface area contributed by atoms with Crippen LogP contribution >= 0.6 is 0 Å². The van der Waals surface area contributed by atoms with Crippen LogP contribution in [0.1, 0.15) is 18.4 Å². The predicted octanol–water partition coefficient (Wildman–Crippen LogP) is -0.396. The molecule has 1 N–H and O–H groups in total. The summed E-state index contributed by atoms with van der Waals surface area (Å²) in [7, 11) is 2.87. The van der Waals surface area contributed by atoms with Gasteiger partial charge < -0.3 is 5.11 Å². The molecule has 1 aromatic rings. The van der Waals surface area contributed by atoms with Crippen molar-refractivity contribution in [3.8, 4) is 0 Å². The van der Waals surface area contributed by atoms with Crippen LogP contribution in [-0.4, -0.2) is 26.4 Å². The minimum absolute atomic E-state index is 0.251. The van der Waals surface area contributed by atoms with Crippen molar-refractivity contribution in [2.75, 3.05) is 0 Å². The summed E-state index contributed by atoms with van der Waals surface area (Å²) in [6.07, 6.45) is 1.42. The Bertz CT molecular complexity index is 668. The Morgan fingerprint density at radius 1 is 1.39 bits per heavy atom. The topological polar surface area (TPSA) is 93.7 Å². The van der Waals surface area contributed by atoms with E-state index in [0.717, 1.165) is 4.57 Å². The zero-order valence-corrected chi connectivity index (χ0v) is 10.2. The van der Waals surface area contributed by atoms with Crippen molar-refractivity contribution >= 4 is 18.0 Å². The van der Waals surface area contributed by atoms with Gasteiger partial charge >= 0.3 is 11.7 Å². The second-order valence-corrected chi connectivity index (χ2v) is 4.37. The molecule has 7 nitrogen and oxygen atoms in total. The fourth-order valence-corrected chi connectivity index (χ4v) is 2.07. The molecule has 18 heavy (non-hydrogen) atoms. The van der Waals surface area contributed by atoms with Crippen LogP contribution in [0, 0.1) is 5.92 Å². The van der Waals surface area contributed by atoms with Gasteiger partial charge in [-0.1, -0.05) is 6.92 Å². The van der Waals surface area contributed by atoms with Crippen molar-refractivity contribution in [1.82, 2.24) is 9.13 Å². The van der Waals surface area contributed by atoms with Gasteiger partial charge in [0.05, 0.1) is 11.5 Å². The van der Waals surface area contributed by atoms with E-state index in [-0.39, 0.29) is 11.4 Å². The highest BCUT2D eigenvalue weighted by Crippen LogP contribution is 2.32. The lowest BCUT2D eigenvalue weighted by atomic mass is 9.90. The molecule has 1 aliphatic rings. The van der Waals surface area contributed by atoms with Crippen LogP contribution in [0.25, 0.3) is 0 Å². The van der Waals surface area contributed by atoms with Crippen molar-refractivity contribution in [1.29, 1.82) is 0 Å². The fraction of sp³-hybridized carbons (Fsp3) is 0.455. The van der Waals surface area contributed by atoms with Crippen molar-refractivity contribution in [3.05, 3.63) is 26.4 Å². The van der Waals surface area contributed by atoms with E-state index in [1.54, 1.807) is 0 Å². The zero-order valence-electron chi connectivity index (χ0n) is 10.2. The molecule has 96 valence electrons. The lowest BCUT2D eigenvalue weighted by Gasteiger charge is -2.14. The van der Waals surface area contributed by atoms with E-state index >= 15 is 0 Å². The molecule has 1 aromatic heterocycles. The normalized spacial score (nSPS) is 18.7. The number of rotatable bonds is 2. The third kappa shape index (κ3) is 1.51. The van der Waals surface area contributed by atoms with Crippen molar-refractivity contribution in [3.63, 3.8) is 0 Å². The Morgan fingerprint density at radius 2 is 2.00 bits per heavy atom. The summed E-state index contributed by atoms with van der Waals surface area (Å²) in [5.74, 6) is -2.11. The van der Waals surface area contributed by atoms with Gasteiger partial charge in [-0.3, -0.25) is 18.7 Å². The Hall–Kier alpha value is -2.18. The first-order chi connectivity index (χ1) is 8.36. The highest BCUT2D eigenvalue weighted by atomic mass is 16.4. The van der Waals surface area contributed by atoms with Gasteiger partial charge in [0.1, 0.15) is 5.82 Å². The summed E-state index contributed by atoms with van der Waals surface area (Å²) < 4.78 is 2.22. The number of nitrogens with zero attached hydrogens (tertiary/aromatic N) is 3. The first-order valence-corrected chi connectivity index (χ1v) is 5.43. The molecule has 1 aliphatic heterocycles. The van der Waals surface area contributed by atoms with Crippen molar-refractivity contribution < 1.29 is 9.90 Å². The lowest BCUT2D eigenvalue weighted by Crippen LogP contribution is -2.39. The van der Waals surface area contributed by atoms with E-state index in [1.165, 1.54) is 31.8 Å². The molecule has 2 heterocycles. The van der Waals surface area contributed by atoms with E-state index in [9.17, 15) is 14.4 Å². The zero-order chi connectivity index (χ0) is 13.6. The number of aromatic nitrogens is 2. The molecule has 0 bridgehead atoms. The number of hydrogen-bond acceptors (Lipinski definition) is 4. The second-order valence-electron chi connectivity index (χ2n) is 4.37. The summed E-state index contributed by atoms with van der Waals surface area (Å²) >= 11 is 0. The van der Waals surface area contributed by atoms with E-state index in [4.69, 9.17) is 5.11 Å². The number of carboxylic acids is 1. The van der Waals surface area contributed by atoms with Gasteiger partial charge in [0, 0.05) is 26.2 Å². The van der Waals surface area contributed by atoms with Crippen LogP contribution in [0.4, 0.5) is 5.82 Å². The van der Waals surface area contributed by atoms with Crippen LogP contribution in [0.15, 0.2) is 14.6 Å². The highest BCUT2D eigenvalue weighted by Gasteiger charge is 2.33. The molecule has 0 saturated carbocycles. The van der Waals surface area contributed by atoms with Crippen molar-refractivity contribution in [2.24, 2.45) is 25.0 Å². The molecule has 1 unspecified atom stereocenters. The summed E-state index contributed by atoms with van der Waals surface area (Å²) in [4.78, 5) is 38.8. The number of carbonyl (C=O) groups is 1. The SMILES string of the molecule is C[C@H](C(=O)O)C1C=Nc2c1c(=O)n(C)c(=O)n2C. The standard InChI is InChI=1S/C11H13N3O4/c1-5(10(16)17)6-4-12-8-7(6)9(15)14(3)11(18)13(8)2/h4-6H,1-3H3,(H,16,17)/t5-,6?/m0/s1. The summed E-state index contributed by atoms with van der Waals surface area (Å²) in [6, 6.07) is 0. The van der Waals surface area contributed by atoms with E-state index in [0.29, 0.717) is 0 Å². The number of carboxylic acid groups (broad SMARTS) is 1. The van der Waals surface area contributed by atoms with Gasteiger partial charge in [-0.25, -0.2) is 9.79 Å². The van der Waals surface area contributed by atoms with Gasteiger partial charge in [0.15, 0.2) is 0 Å². The monoisotopic (exact) mass is 251 g/mol. The second kappa shape index (κ2) is 3.94. The Kier molecular flexibility index (Phi) is 2.68. The summed E-state index contributed by atoms with van der Waals surface area (Å²) in [5, 5.41) is 9.01. The summed E-state index contributed by atoms with van der Waals surface area (Å²) in [5.41, 5.74) is -0.683. The smallest absolute Gasteiger partial charge is 0.332 e. The Morgan fingerprint density at radius 3 is 2.56 bits per heavy atom. The molecular formula is C11H13N3O4. The van der Waals surface area contributed by atoms with Crippen LogP contribution < -0.4 is 11.2 Å². The first kappa shape index (κ1) is 12.3. The van der Waals surface area contributed by atoms with E-state index in [1.807, 2.05) is 0 Å². The lowest BCUT2D eigenvalue weighted by molar-refractivity contribution is -0.141. The first-order valence-electron chi connectivity index (χ1n) is 5.43. The van der Waals surface area contributed by atoms with Gasteiger partial charge in [-0.2, -0.15) is 0 Å². The van der Waals surface area contributed by atoms with Gasteiger partial charge in [-0.15, -0.1) is 0 Å². The molecule has 0 radical (unpaired) electrons. The molecule has 2 atom stereocenters. The molecule has 0 spiro atoms. The molecule has 0 saturated heterocycles. The average molecular weight is 251 g/mol. The molecule has 0 aromatic carbocycles. The number of fused-ring (bicyclic) bond motifs is 1. The number of hydrogen-bond donors (Lipinski definition) is 1. The van der Waals surface area contributed by atoms with Crippen molar-refractivity contribution in [2.45, 2.75) is 12.8 Å². The third-order valence-electron chi connectivity index (χ3n) is 3.29. The van der Waals surface area contributed by atoms with Crippen LogP contribution in [0.3, 0.4) is 0 Å². The van der Waals surface area contributed by atoms with Crippen LogP contribution in [0.5, 0.6) is 0 Å². The van der Waals surface area contributed by atoms with E-state index in [2.05, 4.69) is 4.99 Å². The van der Waals surface area contributed by atoms with Gasteiger partial charge in [0.25, 0.3) is 5.56 Å². The molecule has 0 aliphatic carbocycles. The maximum Gasteiger partial charge on any atom is 0.332 e. The quantitative estimate of drug-likeness (QED) is 0.774. The fourth-order valence-electron chi connectivity index (χ4n) is 2.07. The predicted molar refractivity (Wildman–Crippen MR) is 64.6 cm³/mol. The van der Waals surface area contributed by atoms with Crippen LogP contribution in [-0.2, 0) is 18.9 Å². The minimum Gasteiger partial charge on any atom is -0.481 e. The molecule has 0 fully saturated rings. The van der Waals surface area contributed by atoms with E-state index < -0.39 is 29.1 Å². The highest BCUT2D eigenvalue weighted by molar-refractivity contribution is 5.85. The largest absolute Gasteiger partial charge is 0.481 e. The minimum atomic E-state index is -1.00. The summed E-state index contributed by atoms with van der Waals surface area (Å²) in [6.45, 7) is 1.51. The molecule has 0 amide bonds. The Labute approximate surface area is 102 Å². The molecule has 7 heteroatoms. The number of aliphatic imine (C=N–C) groups is 1. The van der Waals surface area contributed by atoms with Gasteiger partial charge in [-0.05, 0) is 0 Å². The average Bonchev–Trinajstić information content (AvgIpc) is 2.77. The molecular weight excluding hydrogens is 238 g/mol. The third-order valence-corrected chi connectivity index (χ3v) is 3.29. The molecule has 2 rings (SSSR count). The van der Waals surface area contributed by atoms with Gasteiger partial charge in [0.2, 0.25) is 0 Å². The Balaban J connectivity index is 2.72. The number of aliphatic carboxylic acids is 1. The maximum atomic E-state index is 12.0.